The molecule has 0 saturated heterocycles. The molecule has 0 bridgehead atoms. The van der Waals surface area contributed by atoms with E-state index < -0.39 is 0 Å². The van der Waals surface area contributed by atoms with E-state index in [0.717, 1.165) is 19.5 Å². The van der Waals surface area contributed by atoms with Crippen molar-refractivity contribution < 1.29 is 0 Å². The first-order valence-electron chi connectivity index (χ1n) is 7.00. The minimum atomic E-state index is 0.121. The molecule has 0 aromatic carbocycles. The third kappa shape index (κ3) is 4.94. The number of hydrogen-bond acceptors (Lipinski definition) is 4. The van der Waals surface area contributed by atoms with E-state index in [1.165, 1.54) is 4.88 Å². The first-order chi connectivity index (χ1) is 9.10. The summed E-state index contributed by atoms with van der Waals surface area (Å²) in [5, 5.41) is 11.0. The summed E-state index contributed by atoms with van der Waals surface area (Å²) < 4.78 is 0. The first kappa shape index (κ1) is 16.2. The van der Waals surface area contributed by atoms with Crippen LogP contribution in [0, 0.1) is 17.2 Å². The average molecular weight is 279 g/mol. The van der Waals surface area contributed by atoms with E-state index in [-0.39, 0.29) is 12.1 Å². The Balaban J connectivity index is 2.93. The van der Waals surface area contributed by atoms with Gasteiger partial charge in [0.25, 0.3) is 0 Å². The molecular weight excluding hydrogens is 254 g/mol. The van der Waals surface area contributed by atoms with Crippen molar-refractivity contribution in [1.82, 2.24) is 4.90 Å². The molecule has 0 spiro atoms. The summed E-state index contributed by atoms with van der Waals surface area (Å²) in [6.45, 7) is 8.33. The third-order valence-electron chi connectivity index (χ3n) is 3.22. The van der Waals surface area contributed by atoms with Crippen LogP contribution in [0.2, 0.25) is 0 Å². The Morgan fingerprint density at radius 2 is 2.21 bits per heavy atom. The Kier molecular flexibility index (Phi) is 7.07. The Hall–Kier alpha value is -0.890. The summed E-state index contributed by atoms with van der Waals surface area (Å²) in [4.78, 5) is 3.70. The second kappa shape index (κ2) is 8.31. The second-order valence-electron chi connectivity index (χ2n) is 5.33. The van der Waals surface area contributed by atoms with Gasteiger partial charge < -0.3 is 5.73 Å². The fourth-order valence-corrected chi connectivity index (χ4v) is 3.29. The predicted molar refractivity (Wildman–Crippen MR) is 82.0 cm³/mol. The molecule has 2 N–H and O–H groups in total. The van der Waals surface area contributed by atoms with E-state index in [1.54, 1.807) is 11.3 Å². The van der Waals surface area contributed by atoms with Gasteiger partial charge in [0.1, 0.15) is 0 Å². The molecule has 0 saturated carbocycles. The molecule has 106 valence electrons. The minimum Gasteiger partial charge on any atom is -0.326 e. The van der Waals surface area contributed by atoms with Crippen LogP contribution in [0.5, 0.6) is 0 Å². The molecular formula is C15H25N3S. The van der Waals surface area contributed by atoms with Gasteiger partial charge in [-0.25, -0.2) is 0 Å². The van der Waals surface area contributed by atoms with Crippen LogP contribution in [0.3, 0.4) is 0 Å². The zero-order valence-electron chi connectivity index (χ0n) is 12.2. The highest BCUT2D eigenvalue weighted by Gasteiger charge is 2.26. The van der Waals surface area contributed by atoms with E-state index in [9.17, 15) is 0 Å². The lowest BCUT2D eigenvalue weighted by atomic mass is 10.0. The summed E-state index contributed by atoms with van der Waals surface area (Å²) in [5.74, 6) is 0.574. The summed E-state index contributed by atoms with van der Waals surface area (Å²) in [6.07, 6.45) is 1.51. The van der Waals surface area contributed by atoms with Crippen molar-refractivity contribution in [3.63, 3.8) is 0 Å². The maximum absolute atomic E-state index is 8.85. The molecule has 0 amide bonds. The number of thiophene rings is 1. The third-order valence-corrected chi connectivity index (χ3v) is 4.16. The number of nitriles is 1. The van der Waals surface area contributed by atoms with Crippen LogP contribution in [0.25, 0.3) is 0 Å². The Bertz CT molecular complexity index is 381. The smallest absolute Gasteiger partial charge is 0.0635 e. The Labute approximate surface area is 121 Å². The number of hydrogen-bond donors (Lipinski definition) is 1. The van der Waals surface area contributed by atoms with Gasteiger partial charge in [0.2, 0.25) is 0 Å². The van der Waals surface area contributed by atoms with Crippen molar-refractivity contribution >= 4 is 11.3 Å². The van der Waals surface area contributed by atoms with Gasteiger partial charge in [-0.1, -0.05) is 26.8 Å². The topological polar surface area (TPSA) is 53.0 Å². The molecule has 2 atom stereocenters. The van der Waals surface area contributed by atoms with Crippen LogP contribution in [-0.4, -0.2) is 24.0 Å². The zero-order valence-corrected chi connectivity index (χ0v) is 13.0. The fourth-order valence-electron chi connectivity index (χ4n) is 2.35. The van der Waals surface area contributed by atoms with E-state index >= 15 is 0 Å². The number of rotatable bonds is 8. The normalized spacial score (nSPS) is 14.6. The van der Waals surface area contributed by atoms with Gasteiger partial charge in [-0.15, -0.1) is 11.3 Å². The van der Waals surface area contributed by atoms with Gasteiger partial charge >= 0.3 is 0 Å². The lowest BCUT2D eigenvalue weighted by Gasteiger charge is -2.35. The van der Waals surface area contributed by atoms with Gasteiger partial charge in [-0.3, -0.25) is 4.90 Å². The highest BCUT2D eigenvalue weighted by molar-refractivity contribution is 7.10. The van der Waals surface area contributed by atoms with Crippen molar-refractivity contribution in [2.75, 3.05) is 13.1 Å². The molecule has 0 aliphatic heterocycles. The fraction of sp³-hybridized carbons (Fsp3) is 0.667. The van der Waals surface area contributed by atoms with Crippen molar-refractivity contribution in [2.24, 2.45) is 11.7 Å². The van der Waals surface area contributed by atoms with E-state index in [1.807, 2.05) is 0 Å². The highest BCUT2D eigenvalue weighted by Crippen LogP contribution is 2.29. The van der Waals surface area contributed by atoms with Crippen LogP contribution in [0.4, 0.5) is 0 Å². The average Bonchev–Trinajstić information content (AvgIpc) is 2.88. The van der Waals surface area contributed by atoms with Gasteiger partial charge in [-0.05, 0) is 23.8 Å². The van der Waals surface area contributed by atoms with E-state index in [2.05, 4.69) is 49.3 Å². The quantitative estimate of drug-likeness (QED) is 0.793. The van der Waals surface area contributed by atoms with Crippen LogP contribution >= 0.6 is 11.3 Å². The van der Waals surface area contributed by atoms with Gasteiger partial charge in [0.05, 0.1) is 12.1 Å². The van der Waals surface area contributed by atoms with Crippen molar-refractivity contribution in [3.8, 4) is 6.07 Å². The summed E-state index contributed by atoms with van der Waals surface area (Å²) >= 11 is 1.76. The Morgan fingerprint density at radius 1 is 1.47 bits per heavy atom. The molecule has 1 rings (SSSR count). The molecule has 1 heterocycles. The van der Waals surface area contributed by atoms with Gasteiger partial charge in [0, 0.05) is 30.4 Å². The molecule has 3 nitrogen and oxygen atoms in total. The van der Waals surface area contributed by atoms with E-state index in [0.29, 0.717) is 12.3 Å². The lowest BCUT2D eigenvalue weighted by molar-refractivity contribution is 0.156. The largest absolute Gasteiger partial charge is 0.326 e. The number of nitrogens with two attached hydrogens (primary N) is 1. The predicted octanol–water partition coefficient (Wildman–Crippen LogP) is 3.40. The molecule has 0 radical (unpaired) electrons. The molecule has 2 unspecified atom stereocenters. The van der Waals surface area contributed by atoms with Crippen LogP contribution in [0.15, 0.2) is 17.5 Å². The van der Waals surface area contributed by atoms with Crippen molar-refractivity contribution in [1.29, 1.82) is 5.26 Å². The van der Waals surface area contributed by atoms with E-state index in [4.69, 9.17) is 11.0 Å². The zero-order chi connectivity index (χ0) is 14.3. The molecule has 0 aliphatic rings. The molecule has 1 aromatic heterocycles. The molecule has 0 fully saturated rings. The van der Waals surface area contributed by atoms with Crippen molar-refractivity contribution in [2.45, 2.75) is 45.7 Å². The standard InChI is InChI=1S/C15H25N3S/c1-4-13(17)15(14-7-5-10-19-14)18(9-6-8-16)11-12(2)3/h5,7,10,12-13,15H,4,6,9,11,17H2,1-3H3. The van der Waals surface area contributed by atoms with Crippen LogP contribution < -0.4 is 5.73 Å². The summed E-state index contributed by atoms with van der Waals surface area (Å²) in [7, 11) is 0. The summed E-state index contributed by atoms with van der Waals surface area (Å²) in [5.41, 5.74) is 6.34. The SMILES string of the molecule is CCC(N)C(c1cccs1)N(CCC#N)CC(C)C. The van der Waals surface area contributed by atoms with Gasteiger partial charge in [-0.2, -0.15) is 5.26 Å². The van der Waals surface area contributed by atoms with Crippen LogP contribution in [-0.2, 0) is 0 Å². The first-order valence-corrected chi connectivity index (χ1v) is 7.88. The summed E-state index contributed by atoms with van der Waals surface area (Å²) in [6, 6.07) is 6.84. The highest BCUT2D eigenvalue weighted by atomic mass is 32.1. The molecule has 0 aliphatic carbocycles. The minimum absolute atomic E-state index is 0.121. The van der Waals surface area contributed by atoms with Crippen LogP contribution in [0.1, 0.15) is 44.5 Å². The maximum Gasteiger partial charge on any atom is 0.0635 e. The molecule has 4 heteroatoms. The second-order valence-corrected chi connectivity index (χ2v) is 6.31. The number of nitrogens with zero attached hydrogens (tertiary/aromatic N) is 2. The Morgan fingerprint density at radius 3 is 2.68 bits per heavy atom. The van der Waals surface area contributed by atoms with Crippen molar-refractivity contribution in [3.05, 3.63) is 22.4 Å². The monoisotopic (exact) mass is 279 g/mol. The van der Waals surface area contributed by atoms with Gasteiger partial charge in [0.15, 0.2) is 0 Å². The maximum atomic E-state index is 8.85. The molecule has 1 aromatic rings. The lowest BCUT2D eigenvalue weighted by Crippen LogP contribution is -2.42. The molecule has 19 heavy (non-hydrogen) atoms.